The molecule has 30 heavy (non-hydrogen) atoms. The standard InChI is InChI=1S/C23H29F2N3O2/c1-17(23(29)26-10-9-18-3-5-20(24)6-4-18)28-13-11-27(12-14-28)16-19-15-21(25)7-8-22(19)30-2/h3-8,15,17H,9-14,16H2,1-2H3,(H,26,29)/p+2/t17-/m1/s1. The van der Waals surface area contributed by atoms with Gasteiger partial charge >= 0.3 is 0 Å². The Morgan fingerprint density at radius 1 is 1.07 bits per heavy atom. The lowest BCUT2D eigenvalue weighted by Gasteiger charge is -2.32. The van der Waals surface area contributed by atoms with E-state index in [1.165, 1.54) is 28.0 Å². The van der Waals surface area contributed by atoms with Crippen molar-refractivity contribution >= 4 is 5.91 Å². The quantitative estimate of drug-likeness (QED) is 0.565. The SMILES string of the molecule is COc1ccc(F)cc1C[NH+]1CC[NH+]([C@H](C)C(=O)NCCc2ccc(F)cc2)CC1. The highest BCUT2D eigenvalue weighted by molar-refractivity contribution is 5.79. The number of nitrogens with one attached hydrogen (secondary N) is 3. The number of amides is 1. The first-order valence-electron chi connectivity index (χ1n) is 10.5. The van der Waals surface area contributed by atoms with Crippen molar-refractivity contribution in [1.29, 1.82) is 0 Å². The number of hydrogen-bond acceptors (Lipinski definition) is 2. The molecule has 0 spiro atoms. The Morgan fingerprint density at radius 2 is 1.73 bits per heavy atom. The molecule has 0 radical (unpaired) electrons. The summed E-state index contributed by atoms with van der Waals surface area (Å²) >= 11 is 0. The molecule has 1 atom stereocenters. The van der Waals surface area contributed by atoms with E-state index in [-0.39, 0.29) is 23.6 Å². The smallest absolute Gasteiger partial charge is 0.278 e. The number of ether oxygens (including phenoxy) is 1. The summed E-state index contributed by atoms with van der Waals surface area (Å²) in [4.78, 5) is 15.2. The summed E-state index contributed by atoms with van der Waals surface area (Å²) in [5, 5.41) is 3.00. The van der Waals surface area contributed by atoms with Crippen molar-refractivity contribution in [3.63, 3.8) is 0 Å². The minimum Gasteiger partial charge on any atom is -0.496 e. The molecule has 2 aromatic rings. The highest BCUT2D eigenvalue weighted by atomic mass is 19.1. The van der Waals surface area contributed by atoms with Crippen LogP contribution in [0.5, 0.6) is 5.75 Å². The Bertz CT molecular complexity index is 837. The summed E-state index contributed by atoms with van der Waals surface area (Å²) in [5.41, 5.74) is 1.88. The first-order valence-corrected chi connectivity index (χ1v) is 10.5. The molecule has 5 nitrogen and oxygen atoms in total. The van der Waals surface area contributed by atoms with Gasteiger partial charge in [0.1, 0.15) is 50.1 Å². The van der Waals surface area contributed by atoms with Crippen LogP contribution in [-0.2, 0) is 17.8 Å². The maximum absolute atomic E-state index is 13.6. The second-order valence-electron chi connectivity index (χ2n) is 7.93. The Hall–Kier alpha value is -2.51. The maximum atomic E-state index is 13.6. The summed E-state index contributed by atoms with van der Waals surface area (Å²) in [5.74, 6) is 0.257. The molecule has 0 unspecified atom stereocenters. The summed E-state index contributed by atoms with van der Waals surface area (Å²) in [6.07, 6.45) is 0.682. The van der Waals surface area contributed by atoms with Gasteiger partial charge in [-0.05, 0) is 49.2 Å². The predicted octanol–water partition coefficient (Wildman–Crippen LogP) is 0.00420. The van der Waals surface area contributed by atoms with Gasteiger partial charge in [0.25, 0.3) is 5.91 Å². The number of piperazine rings is 1. The molecule has 1 fully saturated rings. The molecular formula is C23H31F2N3O2+2. The molecule has 1 heterocycles. The summed E-state index contributed by atoms with van der Waals surface area (Å²) in [6.45, 7) is 6.83. The van der Waals surface area contributed by atoms with Crippen molar-refractivity contribution in [3.05, 3.63) is 65.2 Å². The van der Waals surface area contributed by atoms with Gasteiger partial charge < -0.3 is 19.9 Å². The average Bonchev–Trinajstić information content (AvgIpc) is 2.75. The molecule has 3 N–H and O–H groups in total. The Morgan fingerprint density at radius 3 is 2.40 bits per heavy atom. The molecule has 3 rings (SSSR count). The molecule has 162 valence electrons. The van der Waals surface area contributed by atoms with Crippen molar-refractivity contribution < 1.29 is 28.1 Å². The van der Waals surface area contributed by atoms with E-state index in [4.69, 9.17) is 4.74 Å². The van der Waals surface area contributed by atoms with Gasteiger partial charge in [-0.3, -0.25) is 4.79 Å². The minimum absolute atomic E-state index is 0.0439. The lowest BCUT2D eigenvalue weighted by atomic mass is 10.1. The van der Waals surface area contributed by atoms with Gasteiger partial charge in [0.2, 0.25) is 0 Å². The molecule has 1 amide bonds. The number of carbonyl (C=O) groups excluding carboxylic acids is 1. The van der Waals surface area contributed by atoms with Crippen LogP contribution in [0.4, 0.5) is 8.78 Å². The van der Waals surface area contributed by atoms with E-state index < -0.39 is 0 Å². The lowest BCUT2D eigenvalue weighted by molar-refractivity contribution is -1.02. The van der Waals surface area contributed by atoms with Crippen LogP contribution >= 0.6 is 0 Å². The highest BCUT2D eigenvalue weighted by Crippen LogP contribution is 2.18. The van der Waals surface area contributed by atoms with Crippen LogP contribution in [0.2, 0.25) is 0 Å². The molecule has 1 aliphatic heterocycles. The van der Waals surface area contributed by atoms with Crippen molar-refractivity contribution in [2.45, 2.75) is 25.9 Å². The van der Waals surface area contributed by atoms with Crippen LogP contribution in [-0.4, -0.2) is 51.8 Å². The predicted molar refractivity (Wildman–Crippen MR) is 111 cm³/mol. The molecule has 0 bridgehead atoms. The van der Waals surface area contributed by atoms with E-state index in [0.717, 1.165) is 37.3 Å². The summed E-state index contributed by atoms with van der Waals surface area (Å²) < 4.78 is 31.9. The second kappa shape index (κ2) is 10.5. The fourth-order valence-electron chi connectivity index (χ4n) is 4.01. The Kier molecular flexibility index (Phi) is 7.76. The molecule has 7 heteroatoms. The van der Waals surface area contributed by atoms with Crippen molar-refractivity contribution in [2.75, 3.05) is 39.8 Å². The number of hydrogen-bond donors (Lipinski definition) is 3. The second-order valence-corrected chi connectivity index (χ2v) is 7.93. The summed E-state index contributed by atoms with van der Waals surface area (Å²) in [6, 6.07) is 10.9. The Labute approximate surface area is 176 Å². The number of rotatable bonds is 8. The summed E-state index contributed by atoms with van der Waals surface area (Å²) in [7, 11) is 1.60. The number of halogens is 2. The van der Waals surface area contributed by atoms with Crippen molar-refractivity contribution in [2.24, 2.45) is 0 Å². The fraction of sp³-hybridized carbons (Fsp3) is 0.435. The maximum Gasteiger partial charge on any atom is 0.278 e. The largest absolute Gasteiger partial charge is 0.496 e. The normalized spacial score (nSPS) is 19.9. The molecule has 1 saturated heterocycles. The molecule has 2 aromatic carbocycles. The monoisotopic (exact) mass is 419 g/mol. The lowest BCUT2D eigenvalue weighted by Crippen LogP contribution is -3.29. The van der Waals surface area contributed by atoms with Crippen LogP contribution in [0.25, 0.3) is 0 Å². The topological polar surface area (TPSA) is 47.2 Å². The zero-order valence-corrected chi connectivity index (χ0v) is 17.6. The zero-order valence-electron chi connectivity index (χ0n) is 17.6. The van der Waals surface area contributed by atoms with Crippen LogP contribution < -0.4 is 19.9 Å². The van der Waals surface area contributed by atoms with Crippen LogP contribution in [0.1, 0.15) is 18.1 Å². The van der Waals surface area contributed by atoms with Crippen LogP contribution in [0, 0.1) is 11.6 Å². The fourth-order valence-corrected chi connectivity index (χ4v) is 4.01. The first-order chi connectivity index (χ1) is 14.5. The van der Waals surface area contributed by atoms with Gasteiger partial charge in [0.15, 0.2) is 6.04 Å². The van der Waals surface area contributed by atoms with Crippen molar-refractivity contribution in [1.82, 2.24) is 5.32 Å². The molecular weight excluding hydrogens is 388 g/mol. The Balaban J connectivity index is 1.43. The van der Waals surface area contributed by atoms with E-state index in [1.54, 1.807) is 31.4 Å². The van der Waals surface area contributed by atoms with Gasteiger partial charge in [0.05, 0.1) is 12.7 Å². The first kappa shape index (κ1) is 22.2. The van der Waals surface area contributed by atoms with Gasteiger partial charge in [-0.2, -0.15) is 0 Å². The molecule has 0 saturated carbocycles. The molecule has 0 aliphatic carbocycles. The van der Waals surface area contributed by atoms with E-state index in [9.17, 15) is 13.6 Å². The number of benzene rings is 2. The molecule has 1 aliphatic rings. The third-order valence-corrected chi connectivity index (χ3v) is 5.91. The highest BCUT2D eigenvalue weighted by Gasteiger charge is 2.31. The number of carbonyl (C=O) groups is 1. The van der Waals surface area contributed by atoms with E-state index in [0.29, 0.717) is 25.3 Å². The van der Waals surface area contributed by atoms with Gasteiger partial charge in [-0.25, -0.2) is 8.78 Å². The van der Waals surface area contributed by atoms with Gasteiger partial charge in [-0.1, -0.05) is 12.1 Å². The number of quaternary nitrogens is 2. The van der Waals surface area contributed by atoms with Gasteiger partial charge in [-0.15, -0.1) is 0 Å². The number of methoxy groups -OCH3 is 1. The zero-order chi connectivity index (χ0) is 21.5. The van der Waals surface area contributed by atoms with Crippen molar-refractivity contribution in [3.8, 4) is 5.75 Å². The average molecular weight is 420 g/mol. The van der Waals surface area contributed by atoms with Crippen LogP contribution in [0.15, 0.2) is 42.5 Å². The third-order valence-electron chi connectivity index (χ3n) is 5.91. The van der Waals surface area contributed by atoms with E-state index in [1.807, 2.05) is 6.92 Å². The molecule has 0 aromatic heterocycles. The van der Waals surface area contributed by atoms with E-state index in [2.05, 4.69) is 5.32 Å². The van der Waals surface area contributed by atoms with Crippen LogP contribution in [0.3, 0.4) is 0 Å². The van der Waals surface area contributed by atoms with Gasteiger partial charge in [0, 0.05) is 6.54 Å². The third kappa shape index (κ3) is 6.00. The minimum atomic E-state index is -0.253. The van der Waals surface area contributed by atoms with E-state index >= 15 is 0 Å².